The normalized spacial score (nSPS) is 17.2. The molecule has 1 saturated carbocycles. The summed E-state index contributed by atoms with van der Waals surface area (Å²) in [4.78, 5) is 4.26. The van der Waals surface area contributed by atoms with Gasteiger partial charge < -0.3 is 10.6 Å². The summed E-state index contributed by atoms with van der Waals surface area (Å²) in [7, 11) is 0.949. The Morgan fingerprint density at radius 1 is 1.22 bits per heavy atom. The molecule has 0 radical (unpaired) electrons. The van der Waals surface area contributed by atoms with Crippen molar-refractivity contribution in [2.45, 2.75) is 43.9 Å². The van der Waals surface area contributed by atoms with Gasteiger partial charge in [-0.05, 0) is 18.4 Å². The fourth-order valence-corrected chi connectivity index (χ4v) is 3.79. The molecule has 6 heteroatoms. The number of nitrogens with zero attached hydrogens (tertiary/aromatic N) is 1. The highest BCUT2D eigenvalue weighted by Crippen LogP contribution is 2.17. The van der Waals surface area contributed by atoms with Crippen LogP contribution in [0.15, 0.2) is 35.3 Å². The fourth-order valence-electron chi connectivity index (χ4n) is 2.75. The summed E-state index contributed by atoms with van der Waals surface area (Å²) in [6.45, 7) is 0.686. The number of halogens is 1. The molecule has 4 nitrogen and oxygen atoms in total. The van der Waals surface area contributed by atoms with Crippen LogP contribution in [-0.4, -0.2) is 35.6 Å². The van der Waals surface area contributed by atoms with Crippen LogP contribution < -0.4 is 10.6 Å². The average molecular weight is 449 g/mol. The van der Waals surface area contributed by atoms with Crippen molar-refractivity contribution in [2.75, 3.05) is 19.3 Å². The standard InChI is InChI=1S/C17H27N3OS.HI/c1-18-17(20-16-10-6-3-7-11-16)19-12-13-22(21)14-15-8-4-2-5-9-15;/h2,4-5,8-9,16H,3,6-7,10-14H2,1H3,(H2,18,19,20);1H. The lowest BCUT2D eigenvalue weighted by Crippen LogP contribution is -2.45. The predicted octanol–water partition coefficient (Wildman–Crippen LogP) is 3.05. The summed E-state index contributed by atoms with van der Waals surface area (Å²) in [5, 5.41) is 6.75. The number of benzene rings is 1. The molecular weight excluding hydrogens is 421 g/mol. The molecule has 130 valence electrons. The van der Waals surface area contributed by atoms with Gasteiger partial charge in [0.15, 0.2) is 5.96 Å². The van der Waals surface area contributed by atoms with Crippen LogP contribution in [0.25, 0.3) is 0 Å². The van der Waals surface area contributed by atoms with E-state index in [1.54, 1.807) is 7.05 Å². The molecular formula is C17H28IN3OS. The van der Waals surface area contributed by atoms with Gasteiger partial charge in [0.25, 0.3) is 0 Å². The Balaban J connectivity index is 0.00000264. The van der Waals surface area contributed by atoms with E-state index in [-0.39, 0.29) is 24.0 Å². The Bertz CT molecular complexity index is 490. The summed E-state index contributed by atoms with van der Waals surface area (Å²) in [5.74, 6) is 2.10. The van der Waals surface area contributed by atoms with Gasteiger partial charge in [-0.15, -0.1) is 24.0 Å². The van der Waals surface area contributed by atoms with Gasteiger partial charge in [0.2, 0.25) is 0 Å². The minimum Gasteiger partial charge on any atom is -0.355 e. The third-order valence-corrected chi connectivity index (χ3v) is 5.28. The molecule has 1 unspecified atom stereocenters. The Morgan fingerprint density at radius 2 is 1.91 bits per heavy atom. The molecule has 1 fully saturated rings. The van der Waals surface area contributed by atoms with Gasteiger partial charge in [-0.25, -0.2) is 0 Å². The van der Waals surface area contributed by atoms with Crippen LogP contribution in [0.2, 0.25) is 0 Å². The first-order chi connectivity index (χ1) is 10.8. The van der Waals surface area contributed by atoms with E-state index in [4.69, 9.17) is 0 Å². The SMILES string of the molecule is CN=C(NCCS(=O)Cc1ccccc1)NC1CCCCC1.I. The van der Waals surface area contributed by atoms with Gasteiger partial charge in [0, 0.05) is 41.9 Å². The monoisotopic (exact) mass is 449 g/mol. The lowest BCUT2D eigenvalue weighted by Gasteiger charge is -2.24. The van der Waals surface area contributed by atoms with Gasteiger partial charge >= 0.3 is 0 Å². The molecule has 0 saturated heterocycles. The van der Waals surface area contributed by atoms with E-state index in [1.807, 2.05) is 30.3 Å². The largest absolute Gasteiger partial charge is 0.355 e. The van der Waals surface area contributed by atoms with Gasteiger partial charge in [-0.3, -0.25) is 9.20 Å². The smallest absolute Gasteiger partial charge is 0.191 e. The topological polar surface area (TPSA) is 53.5 Å². The first-order valence-corrected chi connectivity index (χ1v) is 9.63. The van der Waals surface area contributed by atoms with Gasteiger partial charge in [-0.1, -0.05) is 49.6 Å². The lowest BCUT2D eigenvalue weighted by atomic mass is 9.96. The molecule has 0 bridgehead atoms. The number of nitrogens with one attached hydrogen (secondary N) is 2. The van der Waals surface area contributed by atoms with Crippen molar-refractivity contribution in [1.29, 1.82) is 0 Å². The van der Waals surface area contributed by atoms with Crippen LogP contribution in [0.3, 0.4) is 0 Å². The zero-order chi connectivity index (χ0) is 15.6. The second kappa shape index (κ2) is 11.8. The molecule has 2 N–H and O–H groups in total. The van der Waals surface area contributed by atoms with Crippen LogP contribution in [0.4, 0.5) is 0 Å². The molecule has 1 aliphatic carbocycles. The summed E-state index contributed by atoms with van der Waals surface area (Å²) in [6, 6.07) is 10.5. The van der Waals surface area contributed by atoms with Gasteiger partial charge in [0.05, 0.1) is 0 Å². The Hall–Kier alpha value is -0.630. The Morgan fingerprint density at radius 3 is 2.57 bits per heavy atom. The van der Waals surface area contributed by atoms with Crippen molar-refractivity contribution in [3.05, 3.63) is 35.9 Å². The minimum absolute atomic E-state index is 0. The van der Waals surface area contributed by atoms with Crippen LogP contribution >= 0.6 is 24.0 Å². The zero-order valence-corrected chi connectivity index (χ0v) is 16.9. The Labute approximate surface area is 159 Å². The van der Waals surface area contributed by atoms with Gasteiger partial charge in [-0.2, -0.15) is 0 Å². The molecule has 2 rings (SSSR count). The third kappa shape index (κ3) is 8.15. The van der Waals surface area contributed by atoms with E-state index in [0.717, 1.165) is 11.5 Å². The number of rotatable bonds is 6. The zero-order valence-electron chi connectivity index (χ0n) is 13.8. The summed E-state index contributed by atoms with van der Waals surface area (Å²) in [5.41, 5.74) is 1.13. The number of hydrogen-bond donors (Lipinski definition) is 2. The van der Waals surface area contributed by atoms with Crippen molar-refractivity contribution < 1.29 is 4.21 Å². The highest BCUT2D eigenvalue weighted by molar-refractivity contribution is 14.0. The molecule has 23 heavy (non-hydrogen) atoms. The average Bonchev–Trinajstić information content (AvgIpc) is 2.56. The molecule has 0 amide bonds. The molecule has 1 aromatic carbocycles. The molecule has 0 heterocycles. The van der Waals surface area contributed by atoms with Crippen molar-refractivity contribution in [1.82, 2.24) is 10.6 Å². The maximum atomic E-state index is 12.1. The van der Waals surface area contributed by atoms with Crippen LogP contribution in [0.5, 0.6) is 0 Å². The summed E-state index contributed by atoms with van der Waals surface area (Å²) < 4.78 is 12.1. The highest BCUT2D eigenvalue weighted by Gasteiger charge is 2.14. The molecule has 0 aromatic heterocycles. The maximum Gasteiger partial charge on any atom is 0.191 e. The predicted molar refractivity (Wildman–Crippen MR) is 110 cm³/mol. The molecule has 1 atom stereocenters. The second-order valence-corrected chi connectivity index (χ2v) is 7.33. The van der Waals surface area contributed by atoms with E-state index in [0.29, 0.717) is 24.1 Å². The van der Waals surface area contributed by atoms with E-state index >= 15 is 0 Å². The third-order valence-electron chi connectivity index (χ3n) is 3.96. The molecule has 0 spiro atoms. The highest BCUT2D eigenvalue weighted by atomic mass is 127. The quantitative estimate of drug-likeness (QED) is 0.399. The fraction of sp³-hybridized carbons (Fsp3) is 0.588. The van der Waals surface area contributed by atoms with Crippen molar-refractivity contribution >= 4 is 40.7 Å². The lowest BCUT2D eigenvalue weighted by molar-refractivity contribution is 0.410. The number of hydrogen-bond acceptors (Lipinski definition) is 2. The number of guanidine groups is 1. The summed E-state index contributed by atoms with van der Waals surface area (Å²) >= 11 is 0. The van der Waals surface area contributed by atoms with E-state index in [2.05, 4.69) is 15.6 Å². The van der Waals surface area contributed by atoms with Crippen molar-refractivity contribution in [3.8, 4) is 0 Å². The Kier molecular flexibility index (Phi) is 10.5. The van der Waals surface area contributed by atoms with E-state index in [1.165, 1.54) is 32.1 Å². The maximum absolute atomic E-state index is 12.1. The second-order valence-electron chi connectivity index (χ2n) is 5.75. The summed E-state index contributed by atoms with van der Waals surface area (Å²) in [6.07, 6.45) is 6.40. The van der Waals surface area contributed by atoms with Crippen molar-refractivity contribution in [2.24, 2.45) is 4.99 Å². The van der Waals surface area contributed by atoms with Gasteiger partial charge in [0.1, 0.15) is 0 Å². The van der Waals surface area contributed by atoms with E-state index < -0.39 is 10.8 Å². The molecule has 1 aliphatic rings. The molecule has 1 aromatic rings. The first-order valence-electron chi connectivity index (χ1n) is 8.14. The number of aliphatic imine (C=N–C) groups is 1. The minimum atomic E-state index is -0.841. The van der Waals surface area contributed by atoms with Crippen LogP contribution in [0.1, 0.15) is 37.7 Å². The first kappa shape index (κ1) is 20.4. The van der Waals surface area contributed by atoms with E-state index in [9.17, 15) is 4.21 Å². The van der Waals surface area contributed by atoms with Crippen LogP contribution in [-0.2, 0) is 16.6 Å². The van der Waals surface area contributed by atoms with Crippen LogP contribution in [0, 0.1) is 0 Å². The van der Waals surface area contributed by atoms with Crippen molar-refractivity contribution in [3.63, 3.8) is 0 Å². The molecule has 0 aliphatic heterocycles.